The summed E-state index contributed by atoms with van der Waals surface area (Å²) in [4.78, 5) is 12.1. The van der Waals surface area contributed by atoms with E-state index in [1.807, 2.05) is 0 Å². The molecule has 4 nitrogen and oxygen atoms in total. The van der Waals surface area contributed by atoms with E-state index in [9.17, 15) is 15.1 Å². The van der Waals surface area contributed by atoms with Gasteiger partial charge in [0.05, 0.1) is 10.9 Å². The van der Waals surface area contributed by atoms with Crippen molar-refractivity contribution < 1.29 is 10.3 Å². The lowest BCUT2D eigenvalue weighted by Crippen LogP contribution is -2.13. The molecule has 0 bridgehead atoms. The third kappa shape index (κ3) is 2.79. The lowest BCUT2D eigenvalue weighted by molar-refractivity contribution is 0.183. The third-order valence-corrected chi connectivity index (χ3v) is 3.64. The van der Waals surface area contributed by atoms with Gasteiger partial charge in [-0.2, -0.15) is 4.73 Å². The Morgan fingerprint density at radius 3 is 2.55 bits per heavy atom. The first-order chi connectivity index (χ1) is 9.66. The molecule has 1 aromatic carbocycles. The van der Waals surface area contributed by atoms with Gasteiger partial charge in [-0.25, -0.2) is 0 Å². The van der Waals surface area contributed by atoms with Crippen LogP contribution in [0.4, 0.5) is 0 Å². The maximum absolute atomic E-state index is 12.1. The number of aromatic nitrogens is 1. The number of fused-ring (bicyclic) bond motifs is 1. The monoisotopic (exact) mass is 275 g/mol. The molecule has 1 heterocycles. The number of para-hydroxylation sites is 1. The Bertz CT molecular complexity index is 646. The summed E-state index contributed by atoms with van der Waals surface area (Å²) >= 11 is 0. The number of rotatable bonds is 6. The highest BCUT2D eigenvalue weighted by Gasteiger charge is 2.15. The molecule has 0 fully saturated rings. The smallest absolute Gasteiger partial charge is 0.231 e. The summed E-state index contributed by atoms with van der Waals surface area (Å²) in [5.41, 5.74) is 0.346. The topological polar surface area (TPSA) is 62.5 Å². The highest BCUT2D eigenvalue weighted by Crippen LogP contribution is 2.21. The van der Waals surface area contributed by atoms with Crippen molar-refractivity contribution in [3.63, 3.8) is 0 Å². The molecule has 108 valence electrons. The molecular formula is C16H21NO3. The predicted molar refractivity (Wildman–Crippen MR) is 79.5 cm³/mol. The maximum atomic E-state index is 12.1. The van der Waals surface area contributed by atoms with Crippen molar-refractivity contribution in [2.24, 2.45) is 0 Å². The molecule has 0 amide bonds. The average molecular weight is 275 g/mol. The van der Waals surface area contributed by atoms with Gasteiger partial charge in [0, 0.05) is 0 Å². The molecule has 0 atom stereocenters. The quantitative estimate of drug-likeness (QED) is 0.627. The van der Waals surface area contributed by atoms with Gasteiger partial charge in [-0.3, -0.25) is 4.79 Å². The minimum Gasteiger partial charge on any atom is -0.503 e. The van der Waals surface area contributed by atoms with Gasteiger partial charge in [-0.1, -0.05) is 44.7 Å². The Labute approximate surface area is 118 Å². The van der Waals surface area contributed by atoms with E-state index in [-0.39, 0.29) is 5.75 Å². The number of aromatic hydroxyl groups is 1. The number of pyridine rings is 1. The van der Waals surface area contributed by atoms with Crippen LogP contribution < -0.4 is 5.43 Å². The molecule has 0 aliphatic heterocycles. The van der Waals surface area contributed by atoms with Crippen molar-refractivity contribution >= 4 is 10.9 Å². The molecule has 0 saturated heterocycles. The normalized spacial score (nSPS) is 11.1. The van der Waals surface area contributed by atoms with E-state index < -0.39 is 5.43 Å². The van der Waals surface area contributed by atoms with E-state index in [0.717, 1.165) is 24.0 Å². The summed E-state index contributed by atoms with van der Waals surface area (Å²) in [5.74, 6) is -0.332. The molecule has 4 heteroatoms. The average Bonchev–Trinajstić information content (AvgIpc) is 2.48. The fraction of sp³-hybridized carbons (Fsp3) is 0.438. The molecule has 0 saturated carbocycles. The zero-order valence-electron chi connectivity index (χ0n) is 11.8. The van der Waals surface area contributed by atoms with E-state index in [1.165, 1.54) is 12.8 Å². The number of hydrogen-bond donors (Lipinski definition) is 2. The lowest BCUT2D eigenvalue weighted by atomic mass is 10.1. The van der Waals surface area contributed by atoms with Gasteiger partial charge in [0.1, 0.15) is 5.69 Å². The zero-order chi connectivity index (χ0) is 14.5. The number of nitrogens with zero attached hydrogens (tertiary/aromatic N) is 1. The van der Waals surface area contributed by atoms with Crippen LogP contribution in [0.15, 0.2) is 29.1 Å². The summed E-state index contributed by atoms with van der Waals surface area (Å²) in [6.07, 6.45) is 5.90. The molecule has 2 aromatic rings. The van der Waals surface area contributed by atoms with Crippen LogP contribution in [0.5, 0.6) is 5.75 Å². The largest absolute Gasteiger partial charge is 0.503 e. The van der Waals surface area contributed by atoms with Crippen LogP contribution in [-0.4, -0.2) is 15.0 Å². The minimum absolute atomic E-state index is 0.310. The number of benzene rings is 1. The standard InChI is InChI=1S/C16H21NO3/c1-2-3-4-5-6-11-14-16(19)15(18)12-9-7-8-10-13(12)17(14)20/h7-10,19-20H,2-6,11H2,1H3. The number of unbranched alkanes of at least 4 members (excludes halogenated alkanes) is 4. The Morgan fingerprint density at radius 2 is 1.80 bits per heavy atom. The summed E-state index contributed by atoms with van der Waals surface area (Å²) < 4.78 is 0.950. The van der Waals surface area contributed by atoms with E-state index in [2.05, 4.69) is 6.92 Å². The highest BCUT2D eigenvalue weighted by atomic mass is 16.5. The number of hydrogen-bond acceptors (Lipinski definition) is 3. The van der Waals surface area contributed by atoms with Crippen molar-refractivity contribution in [1.82, 2.24) is 4.73 Å². The van der Waals surface area contributed by atoms with Crippen LogP contribution in [-0.2, 0) is 6.42 Å². The van der Waals surface area contributed by atoms with E-state index in [4.69, 9.17) is 0 Å². The maximum Gasteiger partial charge on any atom is 0.231 e. The van der Waals surface area contributed by atoms with Crippen molar-refractivity contribution in [3.8, 4) is 5.75 Å². The Hall–Kier alpha value is -1.97. The molecule has 2 rings (SSSR count). The van der Waals surface area contributed by atoms with E-state index >= 15 is 0 Å². The molecule has 0 spiro atoms. The molecular weight excluding hydrogens is 254 g/mol. The fourth-order valence-corrected chi connectivity index (χ4v) is 2.47. The van der Waals surface area contributed by atoms with Crippen molar-refractivity contribution in [2.75, 3.05) is 0 Å². The summed E-state index contributed by atoms with van der Waals surface area (Å²) in [5, 5.41) is 20.5. The van der Waals surface area contributed by atoms with Crippen LogP contribution in [0.1, 0.15) is 44.7 Å². The lowest BCUT2D eigenvalue weighted by Gasteiger charge is -2.12. The molecule has 0 aliphatic rings. The minimum atomic E-state index is -0.408. The first kappa shape index (κ1) is 14.4. The van der Waals surface area contributed by atoms with Gasteiger partial charge in [0.2, 0.25) is 5.43 Å². The Balaban J connectivity index is 2.27. The highest BCUT2D eigenvalue weighted by molar-refractivity contribution is 5.80. The summed E-state index contributed by atoms with van der Waals surface area (Å²) in [6.45, 7) is 2.15. The summed E-state index contributed by atoms with van der Waals surface area (Å²) in [7, 11) is 0. The van der Waals surface area contributed by atoms with Crippen LogP contribution >= 0.6 is 0 Å². The second-order valence-electron chi connectivity index (χ2n) is 5.12. The van der Waals surface area contributed by atoms with Crippen molar-refractivity contribution in [2.45, 2.75) is 45.4 Å². The Morgan fingerprint density at radius 1 is 1.10 bits per heavy atom. The second kappa shape index (κ2) is 6.46. The van der Waals surface area contributed by atoms with Crippen molar-refractivity contribution in [3.05, 3.63) is 40.2 Å². The van der Waals surface area contributed by atoms with Gasteiger partial charge in [0.15, 0.2) is 5.75 Å². The van der Waals surface area contributed by atoms with Gasteiger partial charge in [-0.05, 0) is 25.0 Å². The molecule has 1 aromatic heterocycles. The van der Waals surface area contributed by atoms with Crippen LogP contribution in [0.25, 0.3) is 10.9 Å². The molecule has 0 radical (unpaired) electrons. The van der Waals surface area contributed by atoms with Crippen molar-refractivity contribution in [1.29, 1.82) is 0 Å². The first-order valence-electron chi connectivity index (χ1n) is 7.21. The Kier molecular flexibility index (Phi) is 4.66. The zero-order valence-corrected chi connectivity index (χ0v) is 11.8. The summed E-state index contributed by atoms with van der Waals surface area (Å²) in [6, 6.07) is 6.76. The van der Waals surface area contributed by atoms with Gasteiger partial charge in [-0.15, -0.1) is 0 Å². The fourth-order valence-electron chi connectivity index (χ4n) is 2.47. The molecule has 0 aliphatic carbocycles. The van der Waals surface area contributed by atoms with Crippen LogP contribution in [0.3, 0.4) is 0 Å². The second-order valence-corrected chi connectivity index (χ2v) is 5.12. The third-order valence-electron chi connectivity index (χ3n) is 3.64. The van der Waals surface area contributed by atoms with Crippen LogP contribution in [0, 0.1) is 0 Å². The molecule has 0 unspecified atom stereocenters. The van der Waals surface area contributed by atoms with Gasteiger partial charge < -0.3 is 10.3 Å². The van der Waals surface area contributed by atoms with Crippen LogP contribution in [0.2, 0.25) is 0 Å². The van der Waals surface area contributed by atoms with Gasteiger partial charge >= 0.3 is 0 Å². The van der Waals surface area contributed by atoms with E-state index in [1.54, 1.807) is 24.3 Å². The first-order valence-corrected chi connectivity index (χ1v) is 7.21. The van der Waals surface area contributed by atoms with Gasteiger partial charge in [0.25, 0.3) is 0 Å². The molecule has 20 heavy (non-hydrogen) atoms. The van der Waals surface area contributed by atoms with E-state index in [0.29, 0.717) is 23.0 Å². The molecule has 2 N–H and O–H groups in total. The SMILES string of the molecule is CCCCCCCc1c(O)c(=O)c2ccccc2n1O. The predicted octanol–water partition coefficient (Wildman–Crippen LogP) is 3.46.